The first-order chi connectivity index (χ1) is 12.5. The number of benzene rings is 1. The van der Waals surface area contributed by atoms with Crippen molar-refractivity contribution < 1.29 is 4.79 Å². The number of anilines is 1. The molecule has 1 saturated heterocycles. The van der Waals surface area contributed by atoms with E-state index in [-0.39, 0.29) is 5.91 Å². The number of hydrogen-bond donors (Lipinski definition) is 1. The van der Waals surface area contributed by atoms with Crippen molar-refractivity contribution in [1.82, 2.24) is 14.8 Å². The number of likely N-dealkylation sites (tertiary alicyclic amines) is 1. The standard InChI is InChI=1S/C21H30N4O/c1-15-12-16(2)19-17(13-15)20(22-8-7-9-24(3)4)18(14-23-19)21(26)25-10-5-6-11-25/h12-14H,5-11H2,1-4H3,(H,22,23). The summed E-state index contributed by atoms with van der Waals surface area (Å²) < 4.78 is 0. The maximum atomic E-state index is 13.1. The Labute approximate surface area is 156 Å². The van der Waals surface area contributed by atoms with E-state index in [9.17, 15) is 4.79 Å². The van der Waals surface area contributed by atoms with Gasteiger partial charge in [-0.1, -0.05) is 11.6 Å². The Morgan fingerprint density at radius 1 is 1.23 bits per heavy atom. The first kappa shape index (κ1) is 18.6. The van der Waals surface area contributed by atoms with Crippen LogP contribution in [-0.4, -0.2) is 61.0 Å². The topological polar surface area (TPSA) is 48.5 Å². The van der Waals surface area contributed by atoms with Gasteiger partial charge in [-0.25, -0.2) is 0 Å². The number of rotatable bonds is 6. The Morgan fingerprint density at radius 3 is 2.65 bits per heavy atom. The Bertz CT molecular complexity index is 794. The molecule has 0 radical (unpaired) electrons. The highest BCUT2D eigenvalue weighted by Gasteiger charge is 2.24. The maximum Gasteiger partial charge on any atom is 0.257 e. The predicted octanol–water partition coefficient (Wildman–Crippen LogP) is 3.45. The molecule has 1 N–H and O–H groups in total. The number of hydrogen-bond acceptors (Lipinski definition) is 4. The lowest BCUT2D eigenvalue weighted by molar-refractivity contribution is 0.0793. The monoisotopic (exact) mass is 354 g/mol. The third-order valence-electron chi connectivity index (χ3n) is 5.01. The number of fused-ring (bicyclic) bond motifs is 1. The van der Waals surface area contributed by atoms with E-state index in [2.05, 4.69) is 55.3 Å². The van der Waals surface area contributed by atoms with Gasteiger partial charge in [0.25, 0.3) is 5.91 Å². The molecular formula is C21H30N4O. The van der Waals surface area contributed by atoms with E-state index in [1.54, 1.807) is 6.20 Å². The number of pyridine rings is 1. The first-order valence-corrected chi connectivity index (χ1v) is 9.55. The molecular weight excluding hydrogens is 324 g/mol. The van der Waals surface area contributed by atoms with Crippen LogP contribution >= 0.6 is 0 Å². The van der Waals surface area contributed by atoms with Crippen LogP contribution in [0.25, 0.3) is 10.9 Å². The largest absolute Gasteiger partial charge is 0.384 e. The minimum Gasteiger partial charge on any atom is -0.384 e. The molecule has 0 atom stereocenters. The third kappa shape index (κ3) is 3.98. The van der Waals surface area contributed by atoms with Crippen molar-refractivity contribution in [2.75, 3.05) is 45.6 Å². The van der Waals surface area contributed by atoms with Gasteiger partial charge in [0.2, 0.25) is 0 Å². The van der Waals surface area contributed by atoms with Gasteiger partial charge < -0.3 is 15.1 Å². The summed E-state index contributed by atoms with van der Waals surface area (Å²) in [6.07, 6.45) is 4.98. The van der Waals surface area contributed by atoms with E-state index in [1.165, 1.54) is 5.56 Å². The molecule has 0 saturated carbocycles. The van der Waals surface area contributed by atoms with E-state index in [1.807, 2.05) is 4.90 Å². The summed E-state index contributed by atoms with van der Waals surface area (Å²) in [4.78, 5) is 21.8. The smallest absolute Gasteiger partial charge is 0.257 e. The zero-order valence-electron chi connectivity index (χ0n) is 16.4. The lowest BCUT2D eigenvalue weighted by Crippen LogP contribution is -2.28. The quantitative estimate of drug-likeness (QED) is 0.807. The van der Waals surface area contributed by atoms with E-state index in [0.717, 1.165) is 67.6 Å². The second-order valence-electron chi connectivity index (χ2n) is 7.61. The molecule has 5 nitrogen and oxygen atoms in total. The van der Waals surface area contributed by atoms with Gasteiger partial charge in [0, 0.05) is 31.2 Å². The highest BCUT2D eigenvalue weighted by molar-refractivity contribution is 6.07. The van der Waals surface area contributed by atoms with Gasteiger partial charge in [0.1, 0.15) is 0 Å². The molecule has 1 amide bonds. The molecule has 0 spiro atoms. The van der Waals surface area contributed by atoms with Crippen LogP contribution in [0.3, 0.4) is 0 Å². The summed E-state index contributed by atoms with van der Waals surface area (Å²) in [5, 5.41) is 4.61. The lowest BCUT2D eigenvalue weighted by atomic mass is 10.0. The fourth-order valence-corrected chi connectivity index (χ4v) is 3.71. The van der Waals surface area contributed by atoms with Gasteiger partial charge in [0.05, 0.1) is 16.8 Å². The van der Waals surface area contributed by atoms with Gasteiger partial charge in [0.15, 0.2) is 0 Å². The summed E-state index contributed by atoms with van der Waals surface area (Å²) in [5.74, 6) is 0.103. The van der Waals surface area contributed by atoms with Crippen molar-refractivity contribution in [3.63, 3.8) is 0 Å². The predicted molar refractivity (Wildman–Crippen MR) is 108 cm³/mol. The van der Waals surface area contributed by atoms with Crippen molar-refractivity contribution >= 4 is 22.5 Å². The Hall–Kier alpha value is -2.14. The van der Waals surface area contributed by atoms with Crippen LogP contribution < -0.4 is 5.32 Å². The molecule has 1 fully saturated rings. The zero-order valence-corrected chi connectivity index (χ0v) is 16.4. The summed E-state index contributed by atoms with van der Waals surface area (Å²) >= 11 is 0. The minimum atomic E-state index is 0.103. The highest BCUT2D eigenvalue weighted by Crippen LogP contribution is 2.30. The van der Waals surface area contributed by atoms with Crippen molar-refractivity contribution in [1.29, 1.82) is 0 Å². The number of nitrogens with one attached hydrogen (secondary N) is 1. The molecule has 140 valence electrons. The first-order valence-electron chi connectivity index (χ1n) is 9.55. The van der Waals surface area contributed by atoms with Crippen LogP contribution in [0.4, 0.5) is 5.69 Å². The summed E-state index contributed by atoms with van der Waals surface area (Å²) in [7, 11) is 4.16. The van der Waals surface area contributed by atoms with Gasteiger partial charge in [-0.15, -0.1) is 0 Å². The molecule has 1 aromatic heterocycles. The van der Waals surface area contributed by atoms with Gasteiger partial charge >= 0.3 is 0 Å². The van der Waals surface area contributed by atoms with Crippen LogP contribution in [0.2, 0.25) is 0 Å². The average Bonchev–Trinajstić information content (AvgIpc) is 3.12. The van der Waals surface area contributed by atoms with Crippen LogP contribution in [0.15, 0.2) is 18.3 Å². The molecule has 1 aliphatic heterocycles. The number of aryl methyl sites for hydroxylation is 2. The number of carbonyl (C=O) groups is 1. The van der Waals surface area contributed by atoms with Gasteiger partial charge in [-0.3, -0.25) is 9.78 Å². The number of carbonyl (C=O) groups excluding carboxylic acids is 1. The SMILES string of the molecule is Cc1cc(C)c2ncc(C(=O)N3CCCC3)c(NCCCN(C)C)c2c1. The average molecular weight is 354 g/mol. The van der Waals surface area contributed by atoms with Crippen LogP contribution in [0.5, 0.6) is 0 Å². The third-order valence-corrected chi connectivity index (χ3v) is 5.01. The van der Waals surface area contributed by atoms with Crippen molar-refractivity contribution in [2.45, 2.75) is 33.1 Å². The molecule has 2 heterocycles. The van der Waals surface area contributed by atoms with Crippen molar-refractivity contribution in [3.8, 4) is 0 Å². The van der Waals surface area contributed by atoms with Crippen molar-refractivity contribution in [2.24, 2.45) is 0 Å². The van der Waals surface area contributed by atoms with Crippen LogP contribution in [0, 0.1) is 13.8 Å². The molecule has 2 aromatic rings. The van der Waals surface area contributed by atoms with E-state index < -0.39 is 0 Å². The molecule has 5 heteroatoms. The second kappa shape index (κ2) is 8.04. The molecule has 3 rings (SSSR count). The lowest BCUT2D eigenvalue weighted by Gasteiger charge is -2.20. The van der Waals surface area contributed by atoms with E-state index >= 15 is 0 Å². The Balaban J connectivity index is 1.99. The summed E-state index contributed by atoms with van der Waals surface area (Å²) in [6, 6.07) is 4.29. The maximum absolute atomic E-state index is 13.1. The highest BCUT2D eigenvalue weighted by atomic mass is 16.2. The fourth-order valence-electron chi connectivity index (χ4n) is 3.71. The Kier molecular flexibility index (Phi) is 5.77. The van der Waals surface area contributed by atoms with Gasteiger partial charge in [-0.05, 0) is 65.4 Å². The molecule has 1 aliphatic rings. The molecule has 0 aliphatic carbocycles. The molecule has 26 heavy (non-hydrogen) atoms. The minimum absolute atomic E-state index is 0.103. The fraction of sp³-hybridized carbons (Fsp3) is 0.524. The number of aromatic nitrogens is 1. The van der Waals surface area contributed by atoms with Crippen molar-refractivity contribution in [3.05, 3.63) is 35.0 Å². The Morgan fingerprint density at radius 2 is 1.96 bits per heavy atom. The van der Waals surface area contributed by atoms with Crippen LogP contribution in [-0.2, 0) is 0 Å². The normalized spacial score (nSPS) is 14.4. The number of amides is 1. The summed E-state index contributed by atoms with van der Waals surface area (Å²) in [5.41, 5.74) is 4.96. The van der Waals surface area contributed by atoms with E-state index in [0.29, 0.717) is 5.56 Å². The summed E-state index contributed by atoms with van der Waals surface area (Å²) in [6.45, 7) is 7.74. The molecule has 0 bridgehead atoms. The second-order valence-corrected chi connectivity index (χ2v) is 7.61. The van der Waals surface area contributed by atoms with Gasteiger partial charge in [-0.2, -0.15) is 0 Å². The van der Waals surface area contributed by atoms with Crippen LogP contribution in [0.1, 0.15) is 40.7 Å². The number of nitrogens with zero attached hydrogens (tertiary/aromatic N) is 3. The van der Waals surface area contributed by atoms with E-state index in [4.69, 9.17) is 0 Å². The molecule has 0 unspecified atom stereocenters. The molecule has 1 aromatic carbocycles. The zero-order chi connectivity index (χ0) is 18.7.